The van der Waals surface area contributed by atoms with Gasteiger partial charge in [-0.3, -0.25) is 0 Å². The molecule has 2 rings (SSSR count). The molecule has 1 aliphatic rings. The largest absolute Gasteiger partial charge is 0.476 e. The molecule has 0 fully saturated rings. The molecule has 0 aliphatic carbocycles. The van der Waals surface area contributed by atoms with E-state index < -0.39 is 5.97 Å². The van der Waals surface area contributed by atoms with E-state index in [1.807, 2.05) is 0 Å². The SMILES string of the molecule is CC1=CCN(C(=O)NCCn2cnc(C(=O)O)c2)CC1. The Bertz CT molecular complexity index is 535. The summed E-state index contributed by atoms with van der Waals surface area (Å²) in [5.41, 5.74) is 1.32. The van der Waals surface area contributed by atoms with E-state index in [2.05, 4.69) is 23.3 Å². The molecule has 0 unspecified atom stereocenters. The molecule has 0 spiro atoms. The van der Waals surface area contributed by atoms with Crippen molar-refractivity contribution in [2.75, 3.05) is 19.6 Å². The Morgan fingerprint density at radius 2 is 2.30 bits per heavy atom. The third-order valence-corrected chi connectivity index (χ3v) is 3.22. The monoisotopic (exact) mass is 278 g/mol. The molecule has 108 valence electrons. The highest BCUT2D eigenvalue weighted by Gasteiger charge is 2.15. The van der Waals surface area contributed by atoms with Crippen LogP contribution in [-0.4, -0.2) is 51.2 Å². The number of hydrogen-bond donors (Lipinski definition) is 2. The average Bonchev–Trinajstić information content (AvgIpc) is 2.88. The second kappa shape index (κ2) is 6.23. The molecule has 1 aromatic heterocycles. The molecule has 1 aliphatic heterocycles. The van der Waals surface area contributed by atoms with Crippen molar-refractivity contribution in [2.24, 2.45) is 0 Å². The molecule has 7 nitrogen and oxygen atoms in total. The van der Waals surface area contributed by atoms with Gasteiger partial charge in [-0.1, -0.05) is 11.6 Å². The fourth-order valence-electron chi connectivity index (χ4n) is 1.95. The molecular weight excluding hydrogens is 260 g/mol. The summed E-state index contributed by atoms with van der Waals surface area (Å²) in [5, 5.41) is 11.6. The molecule has 0 atom stereocenters. The molecule has 20 heavy (non-hydrogen) atoms. The lowest BCUT2D eigenvalue weighted by Gasteiger charge is -2.25. The lowest BCUT2D eigenvalue weighted by Crippen LogP contribution is -2.43. The van der Waals surface area contributed by atoms with Crippen LogP contribution in [0.1, 0.15) is 23.8 Å². The predicted octanol–water partition coefficient (Wildman–Crippen LogP) is 0.943. The van der Waals surface area contributed by atoms with E-state index >= 15 is 0 Å². The Kier molecular flexibility index (Phi) is 4.39. The summed E-state index contributed by atoms with van der Waals surface area (Å²) in [6, 6.07) is -0.0904. The minimum absolute atomic E-state index is 0.00738. The van der Waals surface area contributed by atoms with Gasteiger partial charge in [0.15, 0.2) is 5.69 Å². The van der Waals surface area contributed by atoms with Gasteiger partial charge in [-0.25, -0.2) is 14.6 Å². The summed E-state index contributed by atoms with van der Waals surface area (Å²) >= 11 is 0. The van der Waals surface area contributed by atoms with E-state index in [1.165, 1.54) is 18.1 Å². The van der Waals surface area contributed by atoms with Gasteiger partial charge < -0.3 is 19.9 Å². The fraction of sp³-hybridized carbons (Fsp3) is 0.462. The quantitative estimate of drug-likeness (QED) is 0.802. The van der Waals surface area contributed by atoms with E-state index in [9.17, 15) is 9.59 Å². The van der Waals surface area contributed by atoms with Crippen molar-refractivity contribution >= 4 is 12.0 Å². The molecule has 0 bridgehead atoms. The number of aromatic carboxylic acids is 1. The van der Waals surface area contributed by atoms with Crippen LogP contribution in [0, 0.1) is 0 Å². The van der Waals surface area contributed by atoms with Gasteiger partial charge in [-0.15, -0.1) is 0 Å². The smallest absolute Gasteiger partial charge is 0.356 e. The van der Waals surface area contributed by atoms with Gasteiger partial charge in [0, 0.05) is 32.4 Å². The van der Waals surface area contributed by atoms with Crippen molar-refractivity contribution < 1.29 is 14.7 Å². The van der Waals surface area contributed by atoms with Gasteiger partial charge in [-0.2, -0.15) is 0 Å². The second-order valence-electron chi connectivity index (χ2n) is 4.78. The number of nitrogens with one attached hydrogen (secondary N) is 1. The van der Waals surface area contributed by atoms with Crippen molar-refractivity contribution in [3.63, 3.8) is 0 Å². The number of nitrogens with zero attached hydrogens (tertiary/aromatic N) is 3. The minimum atomic E-state index is -1.05. The lowest BCUT2D eigenvalue weighted by atomic mass is 10.1. The van der Waals surface area contributed by atoms with Gasteiger partial charge in [0.05, 0.1) is 6.33 Å². The average molecular weight is 278 g/mol. The topological polar surface area (TPSA) is 87.5 Å². The van der Waals surface area contributed by atoms with Crippen LogP contribution in [0.4, 0.5) is 4.79 Å². The number of carbonyl (C=O) groups is 2. The number of rotatable bonds is 4. The molecule has 0 saturated heterocycles. The zero-order valence-corrected chi connectivity index (χ0v) is 11.4. The van der Waals surface area contributed by atoms with Gasteiger partial charge >= 0.3 is 12.0 Å². The van der Waals surface area contributed by atoms with E-state index in [0.29, 0.717) is 19.6 Å². The number of amides is 2. The number of urea groups is 1. The van der Waals surface area contributed by atoms with Crippen LogP contribution < -0.4 is 5.32 Å². The maximum atomic E-state index is 11.9. The van der Waals surface area contributed by atoms with E-state index in [-0.39, 0.29) is 11.7 Å². The van der Waals surface area contributed by atoms with Crippen LogP contribution in [0.15, 0.2) is 24.2 Å². The Morgan fingerprint density at radius 3 is 2.90 bits per heavy atom. The third-order valence-electron chi connectivity index (χ3n) is 3.22. The summed E-state index contributed by atoms with van der Waals surface area (Å²) < 4.78 is 1.64. The minimum Gasteiger partial charge on any atom is -0.476 e. The molecule has 2 N–H and O–H groups in total. The second-order valence-corrected chi connectivity index (χ2v) is 4.78. The Hall–Kier alpha value is -2.31. The summed E-state index contributed by atoms with van der Waals surface area (Å²) in [6.45, 7) is 4.38. The highest BCUT2D eigenvalue weighted by Crippen LogP contribution is 2.09. The number of aromatic nitrogens is 2. The van der Waals surface area contributed by atoms with E-state index in [1.54, 1.807) is 9.47 Å². The number of hydrogen-bond acceptors (Lipinski definition) is 3. The first-order valence-corrected chi connectivity index (χ1v) is 6.50. The maximum Gasteiger partial charge on any atom is 0.356 e. The number of carboxylic acid groups (broad SMARTS) is 1. The summed E-state index contributed by atoms with van der Waals surface area (Å²) in [5.74, 6) is -1.05. The standard InChI is InChI=1S/C13H18N4O3/c1-10-2-5-17(6-3-10)13(20)14-4-7-16-8-11(12(18)19)15-9-16/h2,8-9H,3-7H2,1H3,(H,14,20)(H,18,19). The van der Waals surface area contributed by atoms with Crippen molar-refractivity contribution in [3.8, 4) is 0 Å². The molecule has 2 heterocycles. The van der Waals surface area contributed by atoms with Crippen molar-refractivity contribution in [1.82, 2.24) is 19.8 Å². The molecule has 0 aromatic carbocycles. The first kappa shape index (κ1) is 14.1. The van der Waals surface area contributed by atoms with Crippen molar-refractivity contribution in [1.29, 1.82) is 0 Å². The Balaban J connectivity index is 1.75. The van der Waals surface area contributed by atoms with E-state index in [4.69, 9.17) is 5.11 Å². The zero-order valence-electron chi connectivity index (χ0n) is 11.4. The molecular formula is C13H18N4O3. The van der Waals surface area contributed by atoms with Crippen molar-refractivity contribution in [2.45, 2.75) is 19.9 Å². The van der Waals surface area contributed by atoms with E-state index in [0.717, 1.165) is 13.0 Å². The summed E-state index contributed by atoms with van der Waals surface area (Å²) in [4.78, 5) is 28.0. The molecule has 1 aromatic rings. The van der Waals surface area contributed by atoms with Crippen LogP contribution >= 0.6 is 0 Å². The van der Waals surface area contributed by atoms with Gasteiger partial charge in [0.1, 0.15) is 0 Å². The Morgan fingerprint density at radius 1 is 1.50 bits per heavy atom. The first-order chi connectivity index (χ1) is 9.56. The van der Waals surface area contributed by atoms with Crippen LogP contribution in [0.3, 0.4) is 0 Å². The maximum absolute atomic E-state index is 11.9. The van der Waals surface area contributed by atoms with Gasteiger partial charge in [-0.05, 0) is 13.3 Å². The molecule has 0 saturated carbocycles. The van der Waals surface area contributed by atoms with Gasteiger partial charge in [0.2, 0.25) is 0 Å². The fourth-order valence-corrected chi connectivity index (χ4v) is 1.95. The number of carbonyl (C=O) groups excluding carboxylic acids is 1. The lowest BCUT2D eigenvalue weighted by molar-refractivity contribution is 0.0691. The van der Waals surface area contributed by atoms with Gasteiger partial charge in [0.25, 0.3) is 0 Å². The predicted molar refractivity (Wildman–Crippen MR) is 72.5 cm³/mol. The van der Waals surface area contributed by atoms with Crippen LogP contribution in [0.2, 0.25) is 0 Å². The highest BCUT2D eigenvalue weighted by atomic mass is 16.4. The molecule has 2 amide bonds. The molecule has 0 radical (unpaired) electrons. The van der Waals surface area contributed by atoms with Crippen LogP contribution in [0.25, 0.3) is 0 Å². The zero-order chi connectivity index (χ0) is 14.5. The summed E-state index contributed by atoms with van der Waals surface area (Å²) in [7, 11) is 0. The normalized spacial score (nSPS) is 14.8. The number of imidazole rings is 1. The first-order valence-electron chi connectivity index (χ1n) is 6.50. The third kappa shape index (κ3) is 3.59. The number of carboxylic acids is 1. The van der Waals surface area contributed by atoms with Crippen LogP contribution in [-0.2, 0) is 6.54 Å². The van der Waals surface area contributed by atoms with Crippen molar-refractivity contribution in [3.05, 3.63) is 29.9 Å². The Labute approximate surface area is 116 Å². The highest BCUT2D eigenvalue weighted by molar-refractivity contribution is 5.84. The summed E-state index contributed by atoms with van der Waals surface area (Å²) in [6.07, 6.45) is 5.86. The molecule has 7 heteroatoms. The van der Waals surface area contributed by atoms with Crippen LogP contribution in [0.5, 0.6) is 0 Å².